The van der Waals surface area contributed by atoms with Crippen LogP contribution in [0.1, 0.15) is 57.7 Å². The third kappa shape index (κ3) is 2.35. The van der Waals surface area contributed by atoms with Crippen molar-refractivity contribution >= 4 is 5.91 Å². The van der Waals surface area contributed by atoms with Crippen LogP contribution in [0.25, 0.3) is 0 Å². The summed E-state index contributed by atoms with van der Waals surface area (Å²) >= 11 is 0. The molecule has 1 aliphatic heterocycles. The first kappa shape index (κ1) is 14.2. The monoisotopic (exact) mass is 302 g/mol. The molecular formula is C17H26N4O. The predicted octanol–water partition coefficient (Wildman–Crippen LogP) is 2.00. The molecule has 5 heteroatoms. The molecule has 2 aliphatic carbocycles. The van der Waals surface area contributed by atoms with Crippen LogP contribution < -0.4 is 5.32 Å². The lowest BCUT2D eigenvalue weighted by molar-refractivity contribution is -0.129. The molecule has 2 atom stereocenters. The van der Waals surface area contributed by atoms with Gasteiger partial charge in [-0.3, -0.25) is 9.48 Å². The summed E-state index contributed by atoms with van der Waals surface area (Å²) in [7, 11) is 1.98. The van der Waals surface area contributed by atoms with E-state index in [-0.39, 0.29) is 12.1 Å². The third-order valence-corrected chi connectivity index (χ3v) is 5.51. The van der Waals surface area contributed by atoms with Crippen LogP contribution in [0.5, 0.6) is 0 Å². The van der Waals surface area contributed by atoms with Crippen molar-refractivity contribution in [3.8, 4) is 0 Å². The van der Waals surface area contributed by atoms with Crippen LogP contribution >= 0.6 is 0 Å². The Labute approximate surface area is 132 Å². The van der Waals surface area contributed by atoms with Crippen molar-refractivity contribution in [2.24, 2.45) is 12.5 Å². The number of amides is 1. The molecule has 0 aromatic carbocycles. The first-order valence-electron chi connectivity index (χ1n) is 8.50. The van der Waals surface area contributed by atoms with Gasteiger partial charge in [0.05, 0.1) is 11.7 Å². The van der Waals surface area contributed by atoms with Gasteiger partial charge in [0, 0.05) is 37.8 Å². The van der Waals surface area contributed by atoms with Crippen molar-refractivity contribution in [3.05, 3.63) is 18.0 Å². The lowest BCUT2D eigenvalue weighted by Gasteiger charge is -2.45. The van der Waals surface area contributed by atoms with E-state index in [0.717, 1.165) is 18.5 Å². The number of carbonyl (C=O) groups excluding carboxylic acids is 1. The number of nitrogens with one attached hydrogen (secondary N) is 1. The number of aromatic nitrogens is 2. The minimum absolute atomic E-state index is 0.149. The lowest BCUT2D eigenvalue weighted by atomic mass is 9.68. The molecule has 1 amide bonds. The second-order valence-electron chi connectivity index (χ2n) is 8.10. The van der Waals surface area contributed by atoms with Gasteiger partial charge in [0.25, 0.3) is 0 Å². The predicted molar refractivity (Wildman–Crippen MR) is 84.2 cm³/mol. The molecular weight excluding hydrogens is 276 g/mol. The molecule has 1 aromatic heterocycles. The van der Waals surface area contributed by atoms with E-state index in [1.54, 1.807) is 0 Å². The second kappa shape index (κ2) is 4.82. The molecule has 1 aromatic rings. The first-order chi connectivity index (χ1) is 10.4. The Hall–Kier alpha value is -1.36. The fourth-order valence-electron chi connectivity index (χ4n) is 4.41. The van der Waals surface area contributed by atoms with E-state index in [1.807, 2.05) is 17.9 Å². The van der Waals surface area contributed by atoms with Crippen LogP contribution in [0.3, 0.4) is 0 Å². The van der Waals surface area contributed by atoms with Crippen LogP contribution in [0.2, 0.25) is 0 Å². The zero-order valence-electron chi connectivity index (χ0n) is 13.7. The molecule has 0 bridgehead atoms. The normalized spacial score (nSPS) is 31.6. The Kier molecular flexibility index (Phi) is 3.12. The summed E-state index contributed by atoms with van der Waals surface area (Å²) in [5.41, 5.74) is 1.62. The van der Waals surface area contributed by atoms with Crippen molar-refractivity contribution < 1.29 is 4.79 Å². The Morgan fingerprint density at radius 3 is 2.59 bits per heavy atom. The van der Waals surface area contributed by atoms with Crippen molar-refractivity contribution in [2.45, 2.75) is 70.1 Å². The number of aryl methyl sites for hydroxylation is 1. The zero-order valence-corrected chi connectivity index (χ0v) is 13.7. The number of hydrogen-bond donors (Lipinski definition) is 1. The second-order valence-corrected chi connectivity index (χ2v) is 8.10. The van der Waals surface area contributed by atoms with Crippen molar-refractivity contribution in [2.75, 3.05) is 0 Å². The summed E-state index contributed by atoms with van der Waals surface area (Å²) in [6.45, 7) is 4.64. The van der Waals surface area contributed by atoms with E-state index < -0.39 is 0 Å². The van der Waals surface area contributed by atoms with Gasteiger partial charge < -0.3 is 10.2 Å². The van der Waals surface area contributed by atoms with E-state index in [2.05, 4.69) is 35.2 Å². The molecule has 1 saturated heterocycles. The van der Waals surface area contributed by atoms with Gasteiger partial charge >= 0.3 is 0 Å². The van der Waals surface area contributed by atoms with Gasteiger partial charge in [-0.2, -0.15) is 5.10 Å². The van der Waals surface area contributed by atoms with Crippen LogP contribution in [-0.2, 0) is 11.8 Å². The molecule has 4 rings (SSSR count). The number of nitrogens with zero attached hydrogens (tertiary/aromatic N) is 3. The van der Waals surface area contributed by atoms with Gasteiger partial charge in [0.15, 0.2) is 0 Å². The number of hydrogen-bond acceptors (Lipinski definition) is 3. The van der Waals surface area contributed by atoms with Gasteiger partial charge in [0.1, 0.15) is 0 Å². The maximum absolute atomic E-state index is 12.6. The minimum Gasteiger partial charge on any atom is -0.329 e. The molecule has 2 saturated carbocycles. The van der Waals surface area contributed by atoms with Gasteiger partial charge in [-0.25, -0.2) is 0 Å². The largest absolute Gasteiger partial charge is 0.329 e. The van der Waals surface area contributed by atoms with Crippen molar-refractivity contribution in [3.63, 3.8) is 0 Å². The highest BCUT2D eigenvalue weighted by molar-refractivity contribution is 5.81. The Bertz CT molecular complexity index is 581. The maximum Gasteiger partial charge on any atom is 0.225 e. The Morgan fingerprint density at radius 1 is 1.32 bits per heavy atom. The van der Waals surface area contributed by atoms with E-state index in [4.69, 9.17) is 0 Å². The van der Waals surface area contributed by atoms with Gasteiger partial charge in [-0.1, -0.05) is 13.8 Å². The number of carbonyl (C=O) groups is 1. The Balaban J connectivity index is 1.56. The van der Waals surface area contributed by atoms with E-state index >= 15 is 0 Å². The molecule has 2 heterocycles. The quantitative estimate of drug-likeness (QED) is 0.925. The SMILES string of the molecule is Cn1nccc1[C@H]1[C@H](NC2CC(C)(C)C2)CC(=O)N1C1CC1. The van der Waals surface area contributed by atoms with Crippen LogP contribution in [-0.4, -0.2) is 38.7 Å². The van der Waals surface area contributed by atoms with E-state index in [9.17, 15) is 4.79 Å². The van der Waals surface area contributed by atoms with Crippen LogP contribution in [0.4, 0.5) is 0 Å². The van der Waals surface area contributed by atoms with Crippen molar-refractivity contribution in [1.82, 2.24) is 20.0 Å². The standard InChI is InChI=1S/C17H26N4O/c1-17(2)9-11(10-17)19-13-8-15(22)21(12-4-5-12)16(13)14-6-7-18-20(14)3/h6-7,11-13,16,19H,4-5,8-10H2,1-3H3/t13-,16-/m1/s1. The molecule has 1 N–H and O–H groups in total. The molecule has 3 aliphatic rings. The highest BCUT2D eigenvalue weighted by atomic mass is 16.2. The van der Waals surface area contributed by atoms with E-state index in [0.29, 0.717) is 29.8 Å². The van der Waals surface area contributed by atoms with Gasteiger partial charge in [-0.05, 0) is 37.2 Å². The average molecular weight is 302 g/mol. The summed E-state index contributed by atoms with van der Waals surface area (Å²) in [6.07, 6.45) is 7.20. The number of likely N-dealkylation sites (tertiary alicyclic amines) is 1. The smallest absolute Gasteiger partial charge is 0.225 e. The zero-order chi connectivity index (χ0) is 15.5. The Morgan fingerprint density at radius 2 is 2.05 bits per heavy atom. The summed E-state index contributed by atoms with van der Waals surface area (Å²) in [4.78, 5) is 14.7. The first-order valence-corrected chi connectivity index (χ1v) is 8.50. The highest BCUT2D eigenvalue weighted by Crippen LogP contribution is 2.44. The molecule has 0 unspecified atom stereocenters. The number of rotatable bonds is 4. The average Bonchev–Trinajstić information content (AvgIpc) is 3.07. The third-order valence-electron chi connectivity index (χ3n) is 5.51. The maximum atomic E-state index is 12.6. The van der Waals surface area contributed by atoms with E-state index in [1.165, 1.54) is 12.8 Å². The fraction of sp³-hybridized carbons (Fsp3) is 0.765. The lowest BCUT2D eigenvalue weighted by Crippen LogP contribution is -2.51. The molecule has 22 heavy (non-hydrogen) atoms. The minimum atomic E-state index is 0.149. The van der Waals surface area contributed by atoms with Gasteiger partial charge in [-0.15, -0.1) is 0 Å². The van der Waals surface area contributed by atoms with Crippen molar-refractivity contribution in [1.29, 1.82) is 0 Å². The van der Waals surface area contributed by atoms with Gasteiger partial charge in [0.2, 0.25) is 5.91 Å². The molecule has 3 fully saturated rings. The molecule has 0 radical (unpaired) electrons. The molecule has 120 valence electrons. The summed E-state index contributed by atoms with van der Waals surface area (Å²) in [5, 5.41) is 8.10. The van der Waals surface area contributed by atoms with Crippen LogP contribution in [0.15, 0.2) is 12.3 Å². The summed E-state index contributed by atoms with van der Waals surface area (Å²) in [5.74, 6) is 0.310. The highest BCUT2D eigenvalue weighted by Gasteiger charge is 2.49. The molecule has 0 spiro atoms. The summed E-state index contributed by atoms with van der Waals surface area (Å²) in [6, 6.07) is 3.46. The molecule has 5 nitrogen and oxygen atoms in total. The fourth-order valence-corrected chi connectivity index (χ4v) is 4.41. The summed E-state index contributed by atoms with van der Waals surface area (Å²) < 4.78 is 1.93. The topological polar surface area (TPSA) is 50.2 Å². The van der Waals surface area contributed by atoms with Crippen LogP contribution in [0, 0.1) is 5.41 Å².